The van der Waals surface area contributed by atoms with Crippen LogP contribution in [0.3, 0.4) is 0 Å². The summed E-state index contributed by atoms with van der Waals surface area (Å²) in [5, 5.41) is 3.11. The van der Waals surface area contributed by atoms with E-state index in [1.807, 2.05) is 6.92 Å². The second-order valence-corrected chi connectivity index (χ2v) is 6.66. The summed E-state index contributed by atoms with van der Waals surface area (Å²) in [4.78, 5) is 16.0. The number of rotatable bonds is 3. The lowest BCUT2D eigenvalue weighted by molar-refractivity contribution is -0.137. The molecular weight excluding hydrogens is 377 g/mol. The molecule has 3 aromatic rings. The van der Waals surface area contributed by atoms with E-state index in [0.29, 0.717) is 21.0 Å². The van der Waals surface area contributed by atoms with E-state index in [1.54, 1.807) is 18.2 Å². The van der Waals surface area contributed by atoms with E-state index >= 15 is 0 Å². The number of halogens is 3. The first kappa shape index (κ1) is 18.7. The molecule has 2 aromatic carbocycles. The molecule has 3 rings (SSSR count). The maximum atomic E-state index is 12.9. The monoisotopic (exact) mass is 390 g/mol. The zero-order chi connectivity index (χ0) is 19.6. The number of nitrogens with one attached hydrogen (secondary N) is 1. The molecule has 0 fully saturated rings. The van der Waals surface area contributed by atoms with E-state index < -0.39 is 17.8 Å². The number of hydrogen-bond donors (Lipinski definition) is 1. The molecular formula is C19H13F3N2O2S. The highest BCUT2D eigenvalue weighted by molar-refractivity contribution is 7.21. The molecule has 1 N–H and O–H groups in total. The normalized spacial score (nSPS) is 11.2. The Hall–Kier alpha value is -3.05. The van der Waals surface area contributed by atoms with Crippen LogP contribution in [0.5, 0.6) is 0 Å². The first-order valence-electron chi connectivity index (χ1n) is 7.74. The molecule has 0 atom stereocenters. The maximum absolute atomic E-state index is 12.9. The van der Waals surface area contributed by atoms with Gasteiger partial charge in [0.05, 0.1) is 15.8 Å². The van der Waals surface area contributed by atoms with E-state index in [9.17, 15) is 18.0 Å². The van der Waals surface area contributed by atoms with E-state index in [4.69, 9.17) is 11.2 Å². The molecule has 0 radical (unpaired) electrons. The third kappa shape index (κ3) is 4.20. The van der Waals surface area contributed by atoms with Crippen LogP contribution in [0, 0.1) is 19.3 Å². The van der Waals surface area contributed by atoms with Gasteiger partial charge < -0.3 is 4.74 Å². The molecule has 1 aromatic heterocycles. The van der Waals surface area contributed by atoms with Gasteiger partial charge in [-0.3, -0.25) is 5.32 Å². The van der Waals surface area contributed by atoms with Gasteiger partial charge in [0.15, 0.2) is 6.61 Å². The van der Waals surface area contributed by atoms with Gasteiger partial charge in [-0.2, -0.15) is 13.2 Å². The molecule has 0 spiro atoms. The second kappa shape index (κ2) is 7.29. The zero-order valence-electron chi connectivity index (χ0n) is 14.1. The molecule has 0 saturated heterocycles. The number of aryl methyl sites for hydroxylation is 1. The van der Waals surface area contributed by atoms with E-state index in [-0.39, 0.29) is 12.1 Å². The number of carbonyl (C=O) groups is 1. The Kier molecular flexibility index (Phi) is 5.06. The number of terminal acetylenes is 1. The smallest absolute Gasteiger partial charge is 0.416 e. The lowest BCUT2D eigenvalue weighted by atomic mass is 10.1. The summed E-state index contributed by atoms with van der Waals surface area (Å²) in [6.45, 7) is 1.70. The van der Waals surface area contributed by atoms with E-state index in [0.717, 1.165) is 17.7 Å². The Bertz CT molecular complexity index is 1050. The Morgan fingerprint density at radius 3 is 2.78 bits per heavy atom. The van der Waals surface area contributed by atoms with Gasteiger partial charge in [-0.25, -0.2) is 9.78 Å². The van der Waals surface area contributed by atoms with Crippen molar-refractivity contribution < 1.29 is 22.7 Å². The van der Waals surface area contributed by atoms with Crippen molar-refractivity contribution in [1.29, 1.82) is 0 Å². The Labute approximate surface area is 157 Å². The molecule has 0 bridgehead atoms. The van der Waals surface area contributed by atoms with Crippen molar-refractivity contribution in [3.05, 3.63) is 47.5 Å². The first-order chi connectivity index (χ1) is 12.8. The van der Waals surface area contributed by atoms with Crippen molar-refractivity contribution in [2.75, 3.05) is 11.9 Å². The van der Waals surface area contributed by atoms with Gasteiger partial charge in [0.2, 0.25) is 0 Å². The lowest BCUT2D eigenvalue weighted by Crippen LogP contribution is -2.13. The minimum Gasteiger partial charge on any atom is -0.436 e. The number of ether oxygens (including phenoxy) is 1. The number of fused-ring (bicyclic) bond motifs is 1. The number of anilines is 1. The molecule has 1 heterocycles. The minimum atomic E-state index is -4.42. The highest BCUT2D eigenvalue weighted by atomic mass is 32.1. The van der Waals surface area contributed by atoms with Crippen LogP contribution in [0.1, 0.15) is 11.1 Å². The Balaban J connectivity index is 1.94. The van der Waals surface area contributed by atoms with Crippen LogP contribution >= 0.6 is 11.3 Å². The molecule has 0 saturated carbocycles. The summed E-state index contributed by atoms with van der Waals surface area (Å²) in [6.07, 6.45) is -0.0807. The van der Waals surface area contributed by atoms with Crippen LogP contribution in [0.2, 0.25) is 0 Å². The van der Waals surface area contributed by atoms with Gasteiger partial charge in [-0.1, -0.05) is 12.0 Å². The number of aromatic nitrogens is 1. The number of amides is 1. The number of nitrogens with zero attached hydrogens (tertiary/aromatic N) is 1. The molecule has 8 heteroatoms. The van der Waals surface area contributed by atoms with Gasteiger partial charge >= 0.3 is 12.3 Å². The molecule has 0 aliphatic carbocycles. The number of carbonyl (C=O) groups excluding carboxylic acids is 1. The third-order valence-electron chi connectivity index (χ3n) is 3.72. The summed E-state index contributed by atoms with van der Waals surface area (Å²) in [5.41, 5.74) is 1.58. The Morgan fingerprint density at radius 1 is 1.30 bits per heavy atom. The average molecular weight is 390 g/mol. The van der Waals surface area contributed by atoms with Gasteiger partial charge in [0.25, 0.3) is 0 Å². The lowest BCUT2D eigenvalue weighted by Gasteiger charge is -2.08. The van der Waals surface area contributed by atoms with Crippen molar-refractivity contribution >= 4 is 33.3 Å². The average Bonchev–Trinajstić information content (AvgIpc) is 3.03. The summed E-state index contributed by atoms with van der Waals surface area (Å²) in [6, 6.07) is 8.63. The van der Waals surface area contributed by atoms with Crippen LogP contribution in [-0.4, -0.2) is 17.7 Å². The van der Waals surface area contributed by atoms with Crippen LogP contribution in [0.4, 0.5) is 23.7 Å². The predicted octanol–water partition coefficient (Wildman–Crippen LogP) is 5.47. The van der Waals surface area contributed by atoms with Crippen LogP contribution < -0.4 is 5.32 Å². The number of thiazole rings is 1. The van der Waals surface area contributed by atoms with Gasteiger partial charge in [-0.15, -0.1) is 17.8 Å². The molecule has 0 aliphatic rings. The van der Waals surface area contributed by atoms with E-state index in [2.05, 4.69) is 16.2 Å². The number of hydrogen-bond acceptors (Lipinski definition) is 4. The van der Waals surface area contributed by atoms with Gasteiger partial charge in [-0.05, 0) is 42.8 Å². The van der Waals surface area contributed by atoms with Crippen molar-refractivity contribution in [1.82, 2.24) is 4.98 Å². The van der Waals surface area contributed by atoms with Crippen LogP contribution in [0.25, 0.3) is 20.8 Å². The topological polar surface area (TPSA) is 51.2 Å². The van der Waals surface area contributed by atoms with Gasteiger partial charge in [0.1, 0.15) is 5.01 Å². The second-order valence-electron chi connectivity index (χ2n) is 5.63. The summed E-state index contributed by atoms with van der Waals surface area (Å²) < 4.78 is 44.1. The maximum Gasteiger partial charge on any atom is 0.416 e. The summed E-state index contributed by atoms with van der Waals surface area (Å²) in [7, 11) is 0. The van der Waals surface area contributed by atoms with Gasteiger partial charge in [0, 0.05) is 11.3 Å². The number of alkyl halides is 3. The van der Waals surface area contributed by atoms with Crippen LogP contribution in [0.15, 0.2) is 36.4 Å². The standard InChI is InChI=1S/C19H13F3N2O2S/c1-3-8-26-18(25)23-13-6-4-11(2)14(10-13)17-24-15-9-12(19(20,21)22)5-7-16(15)27-17/h1,4-7,9-10H,8H2,2H3,(H,23,25). The van der Waals surface area contributed by atoms with E-state index in [1.165, 1.54) is 17.4 Å². The summed E-state index contributed by atoms with van der Waals surface area (Å²) in [5.74, 6) is 2.19. The fourth-order valence-electron chi connectivity index (χ4n) is 2.41. The quantitative estimate of drug-likeness (QED) is 0.603. The summed E-state index contributed by atoms with van der Waals surface area (Å²) >= 11 is 1.28. The van der Waals surface area contributed by atoms with Crippen molar-refractivity contribution in [3.63, 3.8) is 0 Å². The molecule has 0 aliphatic heterocycles. The first-order valence-corrected chi connectivity index (χ1v) is 8.55. The van der Waals surface area contributed by atoms with Crippen molar-refractivity contribution in [2.24, 2.45) is 0 Å². The highest BCUT2D eigenvalue weighted by Gasteiger charge is 2.30. The molecule has 1 amide bonds. The van der Waals surface area contributed by atoms with Crippen molar-refractivity contribution in [3.8, 4) is 22.9 Å². The predicted molar refractivity (Wildman–Crippen MR) is 98.6 cm³/mol. The molecule has 27 heavy (non-hydrogen) atoms. The number of benzene rings is 2. The largest absolute Gasteiger partial charge is 0.436 e. The zero-order valence-corrected chi connectivity index (χ0v) is 14.9. The fourth-order valence-corrected chi connectivity index (χ4v) is 3.44. The van der Waals surface area contributed by atoms with Crippen molar-refractivity contribution in [2.45, 2.75) is 13.1 Å². The van der Waals surface area contributed by atoms with Crippen LogP contribution in [-0.2, 0) is 10.9 Å². The fraction of sp³-hybridized carbons (Fsp3) is 0.158. The molecule has 4 nitrogen and oxygen atoms in total. The Morgan fingerprint density at radius 2 is 2.07 bits per heavy atom. The molecule has 0 unspecified atom stereocenters. The third-order valence-corrected chi connectivity index (χ3v) is 4.79. The molecule has 138 valence electrons. The minimum absolute atomic E-state index is 0.149. The SMILES string of the molecule is C#CCOC(=O)Nc1ccc(C)c(-c2nc3cc(C(F)(F)F)ccc3s2)c1. The highest BCUT2D eigenvalue weighted by Crippen LogP contribution is 2.36.